The second kappa shape index (κ2) is 5.32. The number of hydrogen-bond acceptors (Lipinski definition) is 0. The summed E-state index contributed by atoms with van der Waals surface area (Å²) < 4.78 is 0. The highest BCUT2D eigenvalue weighted by atomic mass is 35.8. The van der Waals surface area contributed by atoms with Crippen LogP contribution in [0.2, 0.25) is 5.16 Å². The van der Waals surface area contributed by atoms with Crippen molar-refractivity contribution in [2.45, 2.75) is 12.1 Å². The topological polar surface area (TPSA) is 0 Å². The summed E-state index contributed by atoms with van der Waals surface area (Å²) in [6.45, 7) is 1.67. The molecule has 0 aliphatic heterocycles. The number of hydrogen-bond donors (Lipinski definition) is 0. The van der Waals surface area contributed by atoms with Crippen molar-refractivity contribution >= 4 is 89.4 Å². The molecule has 11 heavy (non-hydrogen) atoms. The number of rotatable bonds is 2. The van der Waals surface area contributed by atoms with Gasteiger partial charge in [0.1, 0.15) is 0 Å². The third-order valence-electron chi connectivity index (χ3n) is 0.982. The Hall–Kier alpha value is 2.39. The van der Waals surface area contributed by atoms with Crippen LogP contribution in [0.3, 0.4) is 0 Å². The molecule has 70 valence electrons. The molecule has 0 aliphatic rings. The van der Waals surface area contributed by atoms with Crippen LogP contribution in [-0.2, 0) is 0 Å². The maximum absolute atomic E-state index is 5.62. The Morgan fingerprint density at radius 2 is 1.00 bits per heavy atom. The minimum absolute atomic E-state index is 0. The van der Waals surface area contributed by atoms with Crippen molar-refractivity contribution < 1.29 is 0 Å². The van der Waals surface area contributed by atoms with Crippen molar-refractivity contribution in [3.8, 4) is 0 Å². The molecule has 0 fully saturated rings. The lowest BCUT2D eigenvalue weighted by atomic mass is 11.0. The van der Waals surface area contributed by atoms with E-state index in [2.05, 4.69) is 0 Å². The molecule has 0 unspecified atom stereocenters. The largest absolute Gasteiger partial charge is 0.345 e. The molecule has 0 aromatic carbocycles. The van der Waals surface area contributed by atoms with Gasteiger partial charge in [0.25, 0.3) is 0 Å². The summed E-state index contributed by atoms with van der Waals surface area (Å²) in [5.41, 5.74) is 0. The molecule has 0 nitrogen and oxygen atoms in total. The van der Waals surface area contributed by atoms with E-state index in [4.69, 9.17) is 66.5 Å². The van der Waals surface area contributed by atoms with Crippen LogP contribution in [0, 0.1) is 0 Å². The quantitative estimate of drug-likeness (QED) is 0.540. The Labute approximate surface area is 101 Å². The summed E-state index contributed by atoms with van der Waals surface area (Å²) in [6.07, 6.45) is 0. The third kappa shape index (κ3) is 6.46. The zero-order valence-corrected chi connectivity index (χ0v) is 11.4. The molecule has 0 aromatic heterocycles. The zero-order chi connectivity index (χ0) is 8.58. The molecule has 0 N–H and O–H groups in total. The Morgan fingerprint density at radius 3 is 1.00 bits per heavy atom. The third-order valence-corrected chi connectivity index (χ3v) is 14.7. The van der Waals surface area contributed by atoms with Gasteiger partial charge in [0, 0.05) is 5.16 Å². The average molecular weight is 329 g/mol. The van der Waals surface area contributed by atoms with Gasteiger partial charge >= 0.3 is 12.0 Å². The summed E-state index contributed by atoms with van der Waals surface area (Å²) >= 11 is 33.7. The first-order chi connectivity index (χ1) is 4.15. The molecule has 0 heterocycles. The fourth-order valence-corrected chi connectivity index (χ4v) is 15.0. The SMILES string of the molecule is CC([Si](Cl)(Cl)Cl)[Si](Cl)(Cl)Cl.[SiH4]. The van der Waals surface area contributed by atoms with Gasteiger partial charge in [-0.2, -0.15) is 0 Å². The van der Waals surface area contributed by atoms with E-state index in [9.17, 15) is 0 Å². The molecule has 0 atom stereocenters. The minimum atomic E-state index is -2.81. The van der Waals surface area contributed by atoms with Crippen molar-refractivity contribution in [3.63, 3.8) is 0 Å². The standard InChI is InChI=1S/C2H4Cl6Si2.H4Si/c1-2(9(3,4)5)10(6,7)8;/h2H,1H3;1H4. The van der Waals surface area contributed by atoms with E-state index in [0.717, 1.165) is 0 Å². The maximum atomic E-state index is 5.62. The lowest BCUT2D eigenvalue weighted by molar-refractivity contribution is 1.32. The van der Waals surface area contributed by atoms with Crippen LogP contribution in [-0.4, -0.2) is 23.0 Å². The Bertz CT molecular complexity index is 100.0. The van der Waals surface area contributed by atoms with E-state index in [1.165, 1.54) is 0 Å². The molecule has 0 radical (unpaired) electrons. The van der Waals surface area contributed by atoms with Gasteiger partial charge < -0.3 is 0 Å². The van der Waals surface area contributed by atoms with Crippen LogP contribution in [0.5, 0.6) is 0 Å². The smallest absolute Gasteiger partial charge is 0.126 e. The van der Waals surface area contributed by atoms with Crippen molar-refractivity contribution in [2.75, 3.05) is 0 Å². The highest BCUT2D eigenvalue weighted by Gasteiger charge is 2.48. The van der Waals surface area contributed by atoms with Gasteiger partial charge in [-0.1, -0.05) is 6.92 Å². The van der Waals surface area contributed by atoms with Crippen molar-refractivity contribution in [3.05, 3.63) is 0 Å². The van der Waals surface area contributed by atoms with Crippen molar-refractivity contribution in [1.82, 2.24) is 0 Å². The molecule has 0 rings (SSSR count). The first kappa shape index (κ1) is 15.8. The molecule has 0 aliphatic carbocycles. The first-order valence-corrected chi connectivity index (χ1v) is 12.5. The van der Waals surface area contributed by atoms with Gasteiger partial charge in [-0.3, -0.25) is 0 Å². The molecule has 0 saturated heterocycles. The van der Waals surface area contributed by atoms with Gasteiger partial charge in [-0.25, -0.2) is 0 Å². The van der Waals surface area contributed by atoms with Gasteiger partial charge in [0.05, 0.1) is 0 Å². The average Bonchev–Trinajstić information content (AvgIpc) is 1.59. The molecule has 0 saturated carbocycles. The van der Waals surface area contributed by atoms with Crippen LogP contribution in [0.1, 0.15) is 6.92 Å². The molecule has 0 aromatic rings. The Kier molecular flexibility index (Phi) is 7.66. The van der Waals surface area contributed by atoms with Gasteiger partial charge in [-0.05, 0) is 11.0 Å². The molecule has 0 bridgehead atoms. The van der Waals surface area contributed by atoms with Crippen molar-refractivity contribution in [1.29, 1.82) is 0 Å². The summed E-state index contributed by atoms with van der Waals surface area (Å²) in [5, 5.41) is -0.366. The highest BCUT2D eigenvalue weighted by molar-refractivity contribution is 7.75. The summed E-state index contributed by atoms with van der Waals surface area (Å²) in [7, 11) is 0. The van der Waals surface area contributed by atoms with Crippen LogP contribution >= 0.6 is 66.5 Å². The van der Waals surface area contributed by atoms with Crippen LogP contribution in [0.25, 0.3) is 0 Å². The highest BCUT2D eigenvalue weighted by Crippen LogP contribution is 2.45. The van der Waals surface area contributed by atoms with E-state index in [-0.39, 0.29) is 16.1 Å². The zero-order valence-electron chi connectivity index (χ0n) is 4.85. The van der Waals surface area contributed by atoms with E-state index >= 15 is 0 Å². The monoisotopic (exact) mass is 326 g/mol. The molecular weight excluding hydrogens is 321 g/mol. The van der Waals surface area contributed by atoms with Crippen LogP contribution in [0.4, 0.5) is 0 Å². The maximum Gasteiger partial charge on any atom is 0.345 e. The van der Waals surface area contributed by atoms with E-state index < -0.39 is 12.0 Å². The van der Waals surface area contributed by atoms with Crippen LogP contribution < -0.4 is 0 Å². The first-order valence-electron chi connectivity index (χ1n) is 2.29. The second-order valence-corrected chi connectivity index (χ2v) is 20.5. The Balaban J connectivity index is 0. The van der Waals surface area contributed by atoms with E-state index in [0.29, 0.717) is 0 Å². The predicted molar refractivity (Wildman–Crippen MR) is 67.4 cm³/mol. The lowest BCUT2D eigenvalue weighted by Crippen LogP contribution is -2.32. The van der Waals surface area contributed by atoms with E-state index in [1.807, 2.05) is 0 Å². The van der Waals surface area contributed by atoms with Crippen molar-refractivity contribution in [2.24, 2.45) is 0 Å². The van der Waals surface area contributed by atoms with Gasteiger partial charge in [0.15, 0.2) is 0 Å². The summed E-state index contributed by atoms with van der Waals surface area (Å²) in [5.74, 6) is 0. The van der Waals surface area contributed by atoms with E-state index in [1.54, 1.807) is 6.92 Å². The summed E-state index contributed by atoms with van der Waals surface area (Å²) in [6, 6.07) is -5.63. The molecule has 9 heteroatoms. The predicted octanol–water partition coefficient (Wildman–Crippen LogP) is 2.77. The molecular formula is C2H8Cl6Si3. The van der Waals surface area contributed by atoms with Gasteiger partial charge in [0.2, 0.25) is 0 Å². The molecule has 0 amide bonds. The fraction of sp³-hybridized carbons (Fsp3) is 1.00. The second-order valence-electron chi connectivity index (χ2n) is 1.80. The summed E-state index contributed by atoms with van der Waals surface area (Å²) in [4.78, 5) is 0. The Morgan fingerprint density at radius 1 is 0.818 bits per heavy atom. The number of halogens is 6. The fourth-order valence-electron chi connectivity index (χ4n) is 0.186. The minimum Gasteiger partial charge on any atom is -0.126 e. The molecule has 0 spiro atoms. The normalized spacial score (nSPS) is 13.1. The van der Waals surface area contributed by atoms with Gasteiger partial charge in [-0.15, -0.1) is 66.5 Å². The van der Waals surface area contributed by atoms with Crippen LogP contribution in [0.15, 0.2) is 0 Å². The lowest BCUT2D eigenvalue weighted by Gasteiger charge is -2.21.